The molecule has 0 radical (unpaired) electrons. The molecule has 4 heteroatoms. The summed E-state index contributed by atoms with van der Waals surface area (Å²) in [5.74, 6) is 1.19. The third-order valence-corrected chi connectivity index (χ3v) is 2.10. The lowest BCUT2D eigenvalue weighted by Gasteiger charge is -2.09. The van der Waals surface area contributed by atoms with Crippen molar-refractivity contribution in [1.82, 2.24) is 4.98 Å². The minimum absolute atomic E-state index is 0.540. The SMILES string of the molecule is CCCOc1nccc(Br)c1OC. The Labute approximate surface area is 86.2 Å². The Bertz CT molecular complexity index is 278. The Kier molecular flexibility index (Phi) is 4.02. The molecule has 0 spiro atoms. The highest BCUT2D eigenvalue weighted by Crippen LogP contribution is 2.32. The second-order valence-electron chi connectivity index (χ2n) is 2.48. The van der Waals surface area contributed by atoms with Crippen LogP contribution in [0.1, 0.15) is 13.3 Å². The van der Waals surface area contributed by atoms with E-state index in [9.17, 15) is 0 Å². The fourth-order valence-electron chi connectivity index (χ4n) is 0.893. The number of hydrogen-bond donors (Lipinski definition) is 0. The number of ether oxygens (including phenoxy) is 2. The van der Waals surface area contributed by atoms with Crippen molar-refractivity contribution in [3.8, 4) is 11.6 Å². The standard InChI is InChI=1S/C9H12BrNO2/c1-3-6-13-9-8(12-2)7(10)4-5-11-9/h4-5H,3,6H2,1-2H3. The van der Waals surface area contributed by atoms with E-state index in [0.717, 1.165) is 10.9 Å². The van der Waals surface area contributed by atoms with E-state index in [4.69, 9.17) is 9.47 Å². The molecule has 13 heavy (non-hydrogen) atoms. The molecular weight excluding hydrogens is 234 g/mol. The van der Waals surface area contributed by atoms with Gasteiger partial charge in [-0.25, -0.2) is 4.98 Å². The molecule has 0 aromatic carbocycles. The van der Waals surface area contributed by atoms with E-state index >= 15 is 0 Å². The van der Waals surface area contributed by atoms with Crippen LogP contribution >= 0.6 is 15.9 Å². The Morgan fingerprint density at radius 3 is 2.92 bits per heavy atom. The number of aromatic nitrogens is 1. The van der Waals surface area contributed by atoms with Crippen LogP contribution in [0.2, 0.25) is 0 Å². The molecule has 0 aliphatic heterocycles. The third kappa shape index (κ3) is 2.59. The van der Waals surface area contributed by atoms with Crippen LogP contribution in [-0.2, 0) is 0 Å². The van der Waals surface area contributed by atoms with Gasteiger partial charge in [-0.1, -0.05) is 6.92 Å². The second-order valence-corrected chi connectivity index (χ2v) is 3.33. The van der Waals surface area contributed by atoms with Gasteiger partial charge in [0.25, 0.3) is 5.88 Å². The first-order valence-electron chi connectivity index (χ1n) is 4.11. The van der Waals surface area contributed by atoms with Crippen molar-refractivity contribution in [2.45, 2.75) is 13.3 Å². The highest BCUT2D eigenvalue weighted by Gasteiger charge is 2.08. The van der Waals surface area contributed by atoms with Gasteiger partial charge in [0.15, 0.2) is 5.75 Å². The second kappa shape index (κ2) is 5.07. The molecule has 0 N–H and O–H groups in total. The van der Waals surface area contributed by atoms with Crippen LogP contribution in [0.4, 0.5) is 0 Å². The molecule has 0 bridgehead atoms. The summed E-state index contributed by atoms with van der Waals surface area (Å²) in [5, 5.41) is 0. The fourth-order valence-corrected chi connectivity index (χ4v) is 1.34. The smallest absolute Gasteiger partial charge is 0.258 e. The van der Waals surface area contributed by atoms with Crippen molar-refractivity contribution in [2.24, 2.45) is 0 Å². The lowest BCUT2D eigenvalue weighted by Crippen LogP contribution is -2.00. The highest BCUT2D eigenvalue weighted by molar-refractivity contribution is 9.10. The van der Waals surface area contributed by atoms with Crippen LogP contribution in [0, 0.1) is 0 Å². The maximum atomic E-state index is 5.39. The van der Waals surface area contributed by atoms with Crippen LogP contribution in [0.15, 0.2) is 16.7 Å². The number of nitrogens with zero attached hydrogens (tertiary/aromatic N) is 1. The van der Waals surface area contributed by atoms with Crippen molar-refractivity contribution in [1.29, 1.82) is 0 Å². The van der Waals surface area contributed by atoms with E-state index in [2.05, 4.69) is 20.9 Å². The lowest BCUT2D eigenvalue weighted by molar-refractivity contribution is 0.281. The van der Waals surface area contributed by atoms with Crippen molar-refractivity contribution in [3.63, 3.8) is 0 Å². The van der Waals surface area contributed by atoms with Gasteiger partial charge in [-0.2, -0.15) is 0 Å². The average Bonchev–Trinajstić information content (AvgIpc) is 2.15. The van der Waals surface area contributed by atoms with Gasteiger partial charge < -0.3 is 9.47 Å². The van der Waals surface area contributed by atoms with E-state index in [0.29, 0.717) is 18.2 Å². The molecule has 1 aromatic rings. The van der Waals surface area contributed by atoms with E-state index in [-0.39, 0.29) is 0 Å². The van der Waals surface area contributed by atoms with Crippen LogP contribution in [0.5, 0.6) is 11.6 Å². The Balaban J connectivity index is 2.85. The summed E-state index contributed by atoms with van der Waals surface area (Å²) in [6, 6.07) is 1.82. The summed E-state index contributed by atoms with van der Waals surface area (Å²) < 4.78 is 11.4. The molecule has 0 unspecified atom stereocenters. The Morgan fingerprint density at radius 2 is 2.31 bits per heavy atom. The monoisotopic (exact) mass is 245 g/mol. The molecule has 3 nitrogen and oxygen atoms in total. The molecule has 0 amide bonds. The first-order valence-corrected chi connectivity index (χ1v) is 4.90. The number of methoxy groups -OCH3 is 1. The van der Waals surface area contributed by atoms with Crippen molar-refractivity contribution in [2.75, 3.05) is 13.7 Å². The van der Waals surface area contributed by atoms with Gasteiger partial charge in [-0.15, -0.1) is 0 Å². The quantitative estimate of drug-likeness (QED) is 0.818. The summed E-state index contributed by atoms with van der Waals surface area (Å²) in [6.45, 7) is 2.70. The molecule has 0 saturated carbocycles. The zero-order chi connectivity index (χ0) is 9.68. The van der Waals surface area contributed by atoms with Gasteiger partial charge in [0.2, 0.25) is 0 Å². The van der Waals surface area contributed by atoms with Crippen LogP contribution in [0.3, 0.4) is 0 Å². The van der Waals surface area contributed by atoms with Gasteiger partial charge in [-0.05, 0) is 28.4 Å². The summed E-state index contributed by atoms with van der Waals surface area (Å²) >= 11 is 3.35. The predicted octanol–water partition coefficient (Wildman–Crippen LogP) is 2.64. The topological polar surface area (TPSA) is 31.4 Å². The summed E-state index contributed by atoms with van der Waals surface area (Å²) in [4.78, 5) is 4.07. The number of hydrogen-bond acceptors (Lipinski definition) is 3. The van der Waals surface area contributed by atoms with Gasteiger partial charge >= 0.3 is 0 Å². The van der Waals surface area contributed by atoms with Crippen LogP contribution in [0.25, 0.3) is 0 Å². The fraction of sp³-hybridized carbons (Fsp3) is 0.444. The van der Waals surface area contributed by atoms with E-state index in [1.165, 1.54) is 0 Å². The molecule has 0 aliphatic rings. The molecule has 1 rings (SSSR count). The third-order valence-electron chi connectivity index (χ3n) is 1.47. The minimum atomic E-state index is 0.540. The molecule has 0 atom stereocenters. The Morgan fingerprint density at radius 1 is 1.54 bits per heavy atom. The first-order chi connectivity index (χ1) is 6.29. The van der Waals surface area contributed by atoms with Gasteiger partial charge in [0.05, 0.1) is 18.2 Å². The lowest BCUT2D eigenvalue weighted by atomic mass is 10.4. The maximum absolute atomic E-state index is 5.39. The minimum Gasteiger partial charge on any atom is -0.490 e. The largest absolute Gasteiger partial charge is 0.490 e. The maximum Gasteiger partial charge on any atom is 0.258 e. The number of pyridine rings is 1. The van der Waals surface area contributed by atoms with E-state index < -0.39 is 0 Å². The molecular formula is C9H12BrNO2. The van der Waals surface area contributed by atoms with Gasteiger partial charge in [-0.3, -0.25) is 0 Å². The van der Waals surface area contributed by atoms with Gasteiger partial charge in [0, 0.05) is 6.20 Å². The normalized spacial score (nSPS) is 9.77. The zero-order valence-electron chi connectivity index (χ0n) is 7.71. The number of halogens is 1. The Hall–Kier alpha value is -0.770. The zero-order valence-corrected chi connectivity index (χ0v) is 9.30. The molecule has 0 aliphatic carbocycles. The first kappa shape index (κ1) is 10.3. The van der Waals surface area contributed by atoms with E-state index in [1.54, 1.807) is 13.3 Å². The van der Waals surface area contributed by atoms with Crippen molar-refractivity contribution < 1.29 is 9.47 Å². The van der Waals surface area contributed by atoms with Gasteiger partial charge in [0.1, 0.15) is 0 Å². The molecule has 1 aromatic heterocycles. The summed E-state index contributed by atoms with van der Waals surface area (Å²) in [7, 11) is 1.60. The van der Waals surface area contributed by atoms with Crippen molar-refractivity contribution in [3.05, 3.63) is 16.7 Å². The highest BCUT2D eigenvalue weighted by atomic mass is 79.9. The average molecular weight is 246 g/mol. The molecule has 0 saturated heterocycles. The predicted molar refractivity (Wildman–Crippen MR) is 54.3 cm³/mol. The summed E-state index contributed by atoms with van der Waals surface area (Å²) in [5.41, 5.74) is 0. The summed E-state index contributed by atoms with van der Waals surface area (Å²) in [6.07, 6.45) is 2.63. The van der Waals surface area contributed by atoms with E-state index in [1.807, 2.05) is 13.0 Å². The van der Waals surface area contributed by atoms with Crippen LogP contribution < -0.4 is 9.47 Å². The van der Waals surface area contributed by atoms with Crippen molar-refractivity contribution >= 4 is 15.9 Å². The number of rotatable bonds is 4. The molecule has 1 heterocycles. The molecule has 72 valence electrons. The van der Waals surface area contributed by atoms with Crippen LogP contribution in [-0.4, -0.2) is 18.7 Å². The molecule has 0 fully saturated rings.